The summed E-state index contributed by atoms with van der Waals surface area (Å²) < 4.78 is 0. The number of aromatic nitrogens is 3. The van der Waals surface area contributed by atoms with Crippen LogP contribution in [0.3, 0.4) is 0 Å². The summed E-state index contributed by atoms with van der Waals surface area (Å²) in [6, 6.07) is 5.90. The van der Waals surface area contributed by atoms with Gasteiger partial charge in [0, 0.05) is 36.3 Å². The lowest BCUT2D eigenvalue weighted by atomic mass is 9.99. The highest BCUT2D eigenvalue weighted by molar-refractivity contribution is 5.56. The van der Waals surface area contributed by atoms with Gasteiger partial charge in [0.25, 0.3) is 0 Å². The van der Waals surface area contributed by atoms with E-state index in [9.17, 15) is 0 Å². The van der Waals surface area contributed by atoms with Crippen molar-refractivity contribution in [3.05, 3.63) is 36.3 Å². The Labute approximate surface area is 133 Å². The summed E-state index contributed by atoms with van der Waals surface area (Å²) in [5.41, 5.74) is 1.92. The van der Waals surface area contributed by atoms with Crippen molar-refractivity contribution < 1.29 is 0 Å². The lowest BCUT2D eigenvalue weighted by molar-refractivity contribution is 0.472. The molecule has 1 atom stereocenters. The molecule has 1 N–H and O–H groups in total. The standard InChI is InChI=1S/C18H26N4/c1-4-6-8-15(5-2)12-20-17-11-14(3)21-18(22-17)16-9-7-10-19-13-16/h7,9-11,13,15H,4-6,8,12H2,1-3H3,(H,20,21,22). The van der Waals surface area contributed by atoms with Gasteiger partial charge in [-0.05, 0) is 31.4 Å². The lowest BCUT2D eigenvalue weighted by Gasteiger charge is -2.16. The summed E-state index contributed by atoms with van der Waals surface area (Å²) in [7, 11) is 0. The molecular weight excluding hydrogens is 272 g/mol. The molecule has 0 spiro atoms. The second-order valence-electron chi connectivity index (χ2n) is 5.76. The number of unbranched alkanes of at least 4 members (excludes halogenated alkanes) is 1. The molecule has 118 valence electrons. The van der Waals surface area contributed by atoms with Crippen LogP contribution in [0.5, 0.6) is 0 Å². The van der Waals surface area contributed by atoms with E-state index in [1.807, 2.05) is 25.1 Å². The Morgan fingerprint density at radius 3 is 2.77 bits per heavy atom. The van der Waals surface area contributed by atoms with E-state index in [2.05, 4.69) is 34.1 Å². The topological polar surface area (TPSA) is 50.7 Å². The Kier molecular flexibility index (Phi) is 6.31. The lowest BCUT2D eigenvalue weighted by Crippen LogP contribution is -2.15. The minimum absolute atomic E-state index is 0.706. The highest BCUT2D eigenvalue weighted by Crippen LogP contribution is 2.18. The van der Waals surface area contributed by atoms with Gasteiger partial charge in [0.05, 0.1) is 0 Å². The minimum Gasteiger partial charge on any atom is -0.370 e. The predicted octanol–water partition coefficient (Wildman–Crippen LogP) is 4.48. The first-order chi connectivity index (χ1) is 10.7. The zero-order valence-corrected chi connectivity index (χ0v) is 13.8. The maximum absolute atomic E-state index is 4.63. The largest absolute Gasteiger partial charge is 0.370 e. The summed E-state index contributed by atoms with van der Waals surface area (Å²) >= 11 is 0. The molecule has 4 heteroatoms. The van der Waals surface area contributed by atoms with Gasteiger partial charge in [-0.1, -0.05) is 33.1 Å². The van der Waals surface area contributed by atoms with E-state index in [0.717, 1.165) is 29.4 Å². The number of pyridine rings is 1. The Bertz CT molecular complexity index is 569. The van der Waals surface area contributed by atoms with Crippen LogP contribution in [-0.4, -0.2) is 21.5 Å². The van der Waals surface area contributed by atoms with Crippen molar-refractivity contribution in [2.45, 2.75) is 46.5 Å². The molecule has 1 unspecified atom stereocenters. The molecule has 0 aliphatic carbocycles. The fraction of sp³-hybridized carbons (Fsp3) is 0.500. The molecule has 2 rings (SSSR count). The Balaban J connectivity index is 2.07. The fourth-order valence-corrected chi connectivity index (χ4v) is 2.48. The number of rotatable bonds is 8. The number of hydrogen-bond acceptors (Lipinski definition) is 4. The van der Waals surface area contributed by atoms with Gasteiger partial charge in [0.1, 0.15) is 5.82 Å². The van der Waals surface area contributed by atoms with Crippen LogP contribution >= 0.6 is 0 Å². The number of anilines is 1. The highest BCUT2D eigenvalue weighted by atomic mass is 15.0. The highest BCUT2D eigenvalue weighted by Gasteiger charge is 2.08. The molecule has 22 heavy (non-hydrogen) atoms. The average Bonchev–Trinajstić information content (AvgIpc) is 2.55. The molecule has 0 aromatic carbocycles. The van der Waals surface area contributed by atoms with Crippen LogP contribution in [0, 0.1) is 12.8 Å². The van der Waals surface area contributed by atoms with Crippen molar-refractivity contribution in [3.63, 3.8) is 0 Å². The van der Waals surface area contributed by atoms with Crippen LogP contribution in [0.25, 0.3) is 11.4 Å². The smallest absolute Gasteiger partial charge is 0.163 e. The molecule has 0 saturated carbocycles. The van der Waals surface area contributed by atoms with Crippen molar-refractivity contribution in [1.29, 1.82) is 0 Å². The van der Waals surface area contributed by atoms with Crippen molar-refractivity contribution in [2.24, 2.45) is 5.92 Å². The van der Waals surface area contributed by atoms with E-state index in [0.29, 0.717) is 5.92 Å². The van der Waals surface area contributed by atoms with Crippen molar-refractivity contribution in [3.8, 4) is 11.4 Å². The molecular formula is C18H26N4. The number of nitrogens with one attached hydrogen (secondary N) is 1. The Morgan fingerprint density at radius 1 is 1.23 bits per heavy atom. The third-order valence-corrected chi connectivity index (χ3v) is 3.89. The molecule has 0 amide bonds. The molecule has 4 nitrogen and oxygen atoms in total. The maximum Gasteiger partial charge on any atom is 0.163 e. The van der Waals surface area contributed by atoms with Crippen LogP contribution in [-0.2, 0) is 0 Å². The van der Waals surface area contributed by atoms with E-state index < -0.39 is 0 Å². The first-order valence-electron chi connectivity index (χ1n) is 8.22. The van der Waals surface area contributed by atoms with Crippen molar-refractivity contribution in [1.82, 2.24) is 15.0 Å². The average molecular weight is 298 g/mol. The Morgan fingerprint density at radius 2 is 2.09 bits per heavy atom. The monoisotopic (exact) mass is 298 g/mol. The molecule has 2 aromatic rings. The first-order valence-corrected chi connectivity index (χ1v) is 8.22. The predicted molar refractivity (Wildman–Crippen MR) is 91.8 cm³/mol. The van der Waals surface area contributed by atoms with Crippen LogP contribution < -0.4 is 5.32 Å². The van der Waals surface area contributed by atoms with Gasteiger partial charge in [0.2, 0.25) is 0 Å². The van der Waals surface area contributed by atoms with Crippen molar-refractivity contribution in [2.75, 3.05) is 11.9 Å². The molecule has 0 bridgehead atoms. The van der Waals surface area contributed by atoms with E-state index in [4.69, 9.17) is 0 Å². The van der Waals surface area contributed by atoms with Gasteiger partial charge < -0.3 is 5.32 Å². The summed E-state index contributed by atoms with van der Waals surface area (Å²) in [5.74, 6) is 2.34. The van der Waals surface area contributed by atoms with Crippen LogP contribution in [0.1, 0.15) is 45.2 Å². The van der Waals surface area contributed by atoms with Gasteiger partial charge in [-0.3, -0.25) is 4.98 Å². The van der Waals surface area contributed by atoms with Crippen LogP contribution in [0.2, 0.25) is 0 Å². The summed E-state index contributed by atoms with van der Waals surface area (Å²) in [5, 5.41) is 3.48. The summed E-state index contributed by atoms with van der Waals surface area (Å²) in [4.78, 5) is 13.3. The Hall–Kier alpha value is -1.97. The zero-order valence-electron chi connectivity index (χ0n) is 13.8. The second-order valence-corrected chi connectivity index (χ2v) is 5.76. The maximum atomic E-state index is 4.63. The zero-order chi connectivity index (χ0) is 15.8. The van der Waals surface area contributed by atoms with Gasteiger partial charge >= 0.3 is 0 Å². The molecule has 2 aromatic heterocycles. The van der Waals surface area contributed by atoms with E-state index in [1.54, 1.807) is 12.4 Å². The van der Waals surface area contributed by atoms with Crippen molar-refractivity contribution >= 4 is 5.82 Å². The molecule has 0 aliphatic rings. The van der Waals surface area contributed by atoms with E-state index >= 15 is 0 Å². The number of nitrogens with zero attached hydrogens (tertiary/aromatic N) is 3. The summed E-state index contributed by atoms with van der Waals surface area (Å²) in [6.45, 7) is 7.48. The van der Waals surface area contributed by atoms with Gasteiger partial charge in [-0.15, -0.1) is 0 Å². The van der Waals surface area contributed by atoms with E-state index in [1.165, 1.54) is 25.7 Å². The molecule has 0 radical (unpaired) electrons. The molecule has 0 aliphatic heterocycles. The molecule has 0 saturated heterocycles. The summed E-state index contributed by atoms with van der Waals surface area (Å²) in [6.07, 6.45) is 8.59. The van der Waals surface area contributed by atoms with Gasteiger partial charge in [-0.25, -0.2) is 9.97 Å². The molecule has 0 fully saturated rings. The quantitative estimate of drug-likeness (QED) is 0.781. The van der Waals surface area contributed by atoms with Crippen LogP contribution in [0.4, 0.5) is 5.82 Å². The number of aryl methyl sites for hydroxylation is 1. The number of hydrogen-bond donors (Lipinski definition) is 1. The normalized spacial score (nSPS) is 12.1. The fourth-order valence-electron chi connectivity index (χ4n) is 2.48. The SMILES string of the molecule is CCCCC(CC)CNc1cc(C)nc(-c2cccnc2)n1. The second kappa shape index (κ2) is 8.47. The molecule has 2 heterocycles. The van der Waals surface area contributed by atoms with Crippen LogP contribution in [0.15, 0.2) is 30.6 Å². The minimum atomic E-state index is 0.706. The van der Waals surface area contributed by atoms with Gasteiger partial charge in [0.15, 0.2) is 5.82 Å². The van der Waals surface area contributed by atoms with Gasteiger partial charge in [-0.2, -0.15) is 0 Å². The third-order valence-electron chi connectivity index (χ3n) is 3.89. The first kappa shape index (κ1) is 16.4. The van der Waals surface area contributed by atoms with E-state index in [-0.39, 0.29) is 0 Å². The third kappa shape index (κ3) is 4.79.